The summed E-state index contributed by atoms with van der Waals surface area (Å²) in [5.74, 6) is -1.35. The van der Waals surface area contributed by atoms with Gasteiger partial charge in [-0.3, -0.25) is 9.59 Å². The summed E-state index contributed by atoms with van der Waals surface area (Å²) < 4.78 is 0. The molecule has 146 valence electrons. The molecule has 0 aliphatic heterocycles. The number of rotatable bonds is 7. The SMILES string of the molecule is O=C(c1ccccc1)[C@@H](c1ccccc1)[C@@H](C(=O)c1ccccc1)c1ccccc1. The van der Waals surface area contributed by atoms with E-state index in [2.05, 4.69) is 0 Å². The van der Waals surface area contributed by atoms with Crippen LogP contribution >= 0.6 is 0 Å². The lowest BCUT2D eigenvalue weighted by atomic mass is 9.73. The van der Waals surface area contributed by atoms with Gasteiger partial charge >= 0.3 is 0 Å². The summed E-state index contributed by atoms with van der Waals surface area (Å²) in [5.41, 5.74) is 2.88. The van der Waals surface area contributed by atoms with Crippen LogP contribution in [-0.2, 0) is 0 Å². The molecule has 0 radical (unpaired) electrons. The third kappa shape index (κ3) is 4.13. The maximum Gasteiger partial charge on any atom is 0.171 e. The van der Waals surface area contributed by atoms with Gasteiger partial charge in [0.25, 0.3) is 0 Å². The smallest absolute Gasteiger partial charge is 0.171 e. The summed E-state index contributed by atoms with van der Waals surface area (Å²) >= 11 is 0. The maximum atomic E-state index is 13.7. The molecular weight excluding hydrogens is 368 g/mol. The lowest BCUT2D eigenvalue weighted by molar-refractivity contribution is 0.0866. The average molecular weight is 390 g/mol. The fraction of sp³-hybridized carbons (Fsp3) is 0.0714. The number of hydrogen-bond donors (Lipinski definition) is 0. The van der Waals surface area contributed by atoms with E-state index in [1.807, 2.05) is 121 Å². The van der Waals surface area contributed by atoms with Crippen molar-refractivity contribution in [3.8, 4) is 0 Å². The Morgan fingerprint density at radius 3 is 0.967 bits per heavy atom. The Morgan fingerprint density at radius 2 is 0.667 bits per heavy atom. The van der Waals surface area contributed by atoms with E-state index in [0.29, 0.717) is 11.1 Å². The van der Waals surface area contributed by atoms with Gasteiger partial charge in [0.15, 0.2) is 11.6 Å². The number of Topliss-reactive ketones (excluding diaryl/α,β-unsaturated/α-hetero) is 2. The molecule has 4 aromatic rings. The van der Waals surface area contributed by atoms with Crippen molar-refractivity contribution in [1.82, 2.24) is 0 Å². The summed E-state index contributed by atoms with van der Waals surface area (Å²) in [6.07, 6.45) is 0. The molecule has 4 rings (SSSR count). The second-order valence-corrected chi connectivity index (χ2v) is 7.24. The van der Waals surface area contributed by atoms with Gasteiger partial charge in [0, 0.05) is 11.1 Å². The van der Waals surface area contributed by atoms with Crippen molar-refractivity contribution in [2.45, 2.75) is 11.8 Å². The van der Waals surface area contributed by atoms with Crippen LogP contribution in [0.15, 0.2) is 121 Å². The van der Waals surface area contributed by atoms with E-state index in [-0.39, 0.29) is 11.6 Å². The Balaban J connectivity index is 1.89. The first-order valence-electron chi connectivity index (χ1n) is 10.0. The largest absolute Gasteiger partial charge is 0.293 e. The molecule has 2 atom stereocenters. The fourth-order valence-electron chi connectivity index (χ4n) is 3.88. The molecular formula is C28H22O2. The van der Waals surface area contributed by atoms with Crippen LogP contribution in [0.3, 0.4) is 0 Å². The second-order valence-electron chi connectivity index (χ2n) is 7.24. The van der Waals surface area contributed by atoms with Crippen molar-refractivity contribution in [3.05, 3.63) is 144 Å². The Kier molecular flexibility index (Phi) is 5.95. The van der Waals surface area contributed by atoms with Gasteiger partial charge in [0.2, 0.25) is 0 Å². The third-order valence-corrected chi connectivity index (χ3v) is 5.33. The predicted octanol–water partition coefficient (Wildman–Crippen LogP) is 6.32. The minimum Gasteiger partial charge on any atom is -0.293 e. The van der Waals surface area contributed by atoms with Gasteiger partial charge in [0.1, 0.15) is 0 Å². The first kappa shape index (κ1) is 19.5. The van der Waals surface area contributed by atoms with Crippen LogP contribution < -0.4 is 0 Å². The predicted molar refractivity (Wildman–Crippen MR) is 120 cm³/mol. The van der Waals surface area contributed by atoms with E-state index in [4.69, 9.17) is 0 Å². The molecule has 0 bridgehead atoms. The van der Waals surface area contributed by atoms with E-state index < -0.39 is 11.8 Å². The van der Waals surface area contributed by atoms with Crippen molar-refractivity contribution in [2.24, 2.45) is 0 Å². The second kappa shape index (κ2) is 9.15. The third-order valence-electron chi connectivity index (χ3n) is 5.33. The maximum absolute atomic E-state index is 13.7. The Morgan fingerprint density at radius 1 is 0.400 bits per heavy atom. The van der Waals surface area contributed by atoms with Gasteiger partial charge in [-0.05, 0) is 11.1 Å². The van der Waals surface area contributed by atoms with E-state index in [1.54, 1.807) is 0 Å². The van der Waals surface area contributed by atoms with E-state index in [9.17, 15) is 9.59 Å². The molecule has 0 amide bonds. The molecule has 2 nitrogen and oxygen atoms in total. The standard InChI is InChI=1S/C28H22O2/c29-27(23-17-9-3-10-18-23)25(21-13-5-1-6-14-21)26(22-15-7-2-8-16-22)28(30)24-19-11-4-12-20-24/h1-20,25-26H/t25-,26-/m0/s1. The van der Waals surface area contributed by atoms with Crippen LogP contribution in [0.2, 0.25) is 0 Å². The summed E-state index contributed by atoms with van der Waals surface area (Å²) in [6.45, 7) is 0. The molecule has 0 unspecified atom stereocenters. The van der Waals surface area contributed by atoms with Gasteiger partial charge in [-0.1, -0.05) is 121 Å². The Labute approximate surface area is 176 Å². The van der Waals surface area contributed by atoms with Gasteiger partial charge in [-0.25, -0.2) is 0 Å². The minimum atomic E-state index is -0.622. The van der Waals surface area contributed by atoms with Crippen molar-refractivity contribution < 1.29 is 9.59 Å². The number of benzene rings is 4. The number of hydrogen-bond acceptors (Lipinski definition) is 2. The van der Waals surface area contributed by atoms with E-state index in [0.717, 1.165) is 11.1 Å². The monoisotopic (exact) mass is 390 g/mol. The molecule has 4 aromatic carbocycles. The highest BCUT2D eigenvalue weighted by molar-refractivity contribution is 6.09. The van der Waals surface area contributed by atoms with Crippen molar-refractivity contribution in [3.63, 3.8) is 0 Å². The molecule has 0 saturated heterocycles. The summed E-state index contributed by atoms with van der Waals surface area (Å²) in [5, 5.41) is 0. The minimum absolute atomic E-state index is 0.0556. The van der Waals surface area contributed by atoms with Crippen molar-refractivity contribution in [1.29, 1.82) is 0 Å². The summed E-state index contributed by atoms with van der Waals surface area (Å²) in [7, 11) is 0. The number of ketones is 2. The topological polar surface area (TPSA) is 34.1 Å². The lowest BCUT2D eigenvalue weighted by Gasteiger charge is -2.26. The van der Waals surface area contributed by atoms with Crippen LogP contribution in [0.25, 0.3) is 0 Å². The van der Waals surface area contributed by atoms with Crippen LogP contribution in [-0.4, -0.2) is 11.6 Å². The zero-order valence-electron chi connectivity index (χ0n) is 16.5. The lowest BCUT2D eigenvalue weighted by Crippen LogP contribution is -2.27. The van der Waals surface area contributed by atoms with Crippen LogP contribution in [0.5, 0.6) is 0 Å². The molecule has 0 aliphatic rings. The van der Waals surface area contributed by atoms with Crippen LogP contribution in [0, 0.1) is 0 Å². The molecule has 30 heavy (non-hydrogen) atoms. The zero-order valence-corrected chi connectivity index (χ0v) is 16.5. The molecule has 2 heteroatoms. The highest BCUT2D eigenvalue weighted by Gasteiger charge is 2.36. The number of carbonyl (C=O) groups excluding carboxylic acids is 2. The van der Waals surface area contributed by atoms with E-state index >= 15 is 0 Å². The van der Waals surface area contributed by atoms with Gasteiger partial charge < -0.3 is 0 Å². The van der Waals surface area contributed by atoms with Crippen LogP contribution in [0.1, 0.15) is 43.7 Å². The molecule has 0 heterocycles. The van der Waals surface area contributed by atoms with Gasteiger partial charge in [-0.2, -0.15) is 0 Å². The fourth-order valence-corrected chi connectivity index (χ4v) is 3.88. The van der Waals surface area contributed by atoms with Gasteiger partial charge in [0.05, 0.1) is 11.8 Å². The average Bonchev–Trinajstić information content (AvgIpc) is 2.84. The number of carbonyl (C=O) groups is 2. The Bertz CT molecular complexity index is 1010. The molecule has 0 aromatic heterocycles. The molecule has 0 spiro atoms. The molecule has 0 aliphatic carbocycles. The highest BCUT2D eigenvalue weighted by Crippen LogP contribution is 2.38. The molecule has 0 N–H and O–H groups in total. The summed E-state index contributed by atoms with van der Waals surface area (Å²) in [4.78, 5) is 27.5. The van der Waals surface area contributed by atoms with Crippen molar-refractivity contribution >= 4 is 11.6 Å². The molecule has 0 saturated carbocycles. The molecule has 0 fully saturated rings. The highest BCUT2D eigenvalue weighted by atomic mass is 16.1. The zero-order chi connectivity index (χ0) is 20.8. The quantitative estimate of drug-likeness (QED) is 0.346. The van der Waals surface area contributed by atoms with Gasteiger partial charge in [-0.15, -0.1) is 0 Å². The first-order chi connectivity index (χ1) is 14.8. The van der Waals surface area contributed by atoms with Crippen LogP contribution in [0.4, 0.5) is 0 Å². The van der Waals surface area contributed by atoms with E-state index in [1.165, 1.54) is 0 Å². The summed E-state index contributed by atoms with van der Waals surface area (Å²) in [6, 6.07) is 37.6. The first-order valence-corrected chi connectivity index (χ1v) is 10.0. The normalized spacial score (nSPS) is 12.7. The Hall–Kier alpha value is -3.78. The van der Waals surface area contributed by atoms with Crippen molar-refractivity contribution in [2.75, 3.05) is 0 Å².